The van der Waals surface area contributed by atoms with Crippen molar-refractivity contribution in [1.29, 1.82) is 0 Å². The van der Waals surface area contributed by atoms with Crippen LogP contribution < -0.4 is 0 Å². The Morgan fingerprint density at radius 2 is 1.50 bits per heavy atom. The maximum atomic E-state index is 14.0. The van der Waals surface area contributed by atoms with Gasteiger partial charge in [0.25, 0.3) is 5.91 Å². The standard InChI is InChI=1S/C22H26F3N3O3S/c1-3-26(4-2)15-16-5-7-17(8-6-16)22(29)27-11-13-28(14-12-27)32(30,31)19-10-9-18(23)20(24)21(19)25/h5-10H,3-4,11-15H2,1-2H3. The first-order valence-electron chi connectivity index (χ1n) is 10.4. The molecule has 1 heterocycles. The third-order valence-corrected chi connectivity index (χ3v) is 7.56. The van der Waals surface area contributed by atoms with Gasteiger partial charge in [-0.1, -0.05) is 26.0 Å². The van der Waals surface area contributed by atoms with Gasteiger partial charge in [-0.2, -0.15) is 4.31 Å². The van der Waals surface area contributed by atoms with Gasteiger partial charge in [0.1, 0.15) is 4.90 Å². The molecule has 0 aromatic heterocycles. The molecule has 0 bridgehead atoms. The summed E-state index contributed by atoms with van der Waals surface area (Å²) in [6, 6.07) is 8.59. The zero-order chi connectivity index (χ0) is 23.5. The van der Waals surface area contributed by atoms with Crippen molar-refractivity contribution in [3.05, 3.63) is 65.0 Å². The Balaban J connectivity index is 1.65. The van der Waals surface area contributed by atoms with Crippen molar-refractivity contribution in [2.45, 2.75) is 25.3 Å². The van der Waals surface area contributed by atoms with Crippen LogP contribution in [0.4, 0.5) is 13.2 Å². The molecule has 0 radical (unpaired) electrons. The van der Waals surface area contributed by atoms with Gasteiger partial charge in [-0.3, -0.25) is 9.69 Å². The highest BCUT2D eigenvalue weighted by molar-refractivity contribution is 7.89. The lowest BCUT2D eigenvalue weighted by Gasteiger charge is -2.34. The highest BCUT2D eigenvalue weighted by Crippen LogP contribution is 2.24. The van der Waals surface area contributed by atoms with E-state index in [1.807, 2.05) is 12.1 Å². The number of piperazine rings is 1. The van der Waals surface area contributed by atoms with Crippen LogP contribution in [-0.4, -0.2) is 67.7 Å². The van der Waals surface area contributed by atoms with E-state index in [1.54, 1.807) is 12.1 Å². The van der Waals surface area contributed by atoms with E-state index >= 15 is 0 Å². The normalized spacial score (nSPS) is 15.4. The summed E-state index contributed by atoms with van der Waals surface area (Å²) in [6.45, 7) is 6.87. The van der Waals surface area contributed by atoms with E-state index in [0.29, 0.717) is 17.7 Å². The van der Waals surface area contributed by atoms with Crippen LogP contribution in [0.25, 0.3) is 0 Å². The first-order chi connectivity index (χ1) is 15.2. The first-order valence-corrected chi connectivity index (χ1v) is 11.9. The molecule has 3 rings (SSSR count). The maximum absolute atomic E-state index is 14.0. The quantitative estimate of drug-likeness (QED) is 0.585. The molecule has 0 saturated carbocycles. The summed E-state index contributed by atoms with van der Waals surface area (Å²) in [4.78, 5) is 15.7. The van der Waals surface area contributed by atoms with Gasteiger partial charge in [0, 0.05) is 38.3 Å². The lowest BCUT2D eigenvalue weighted by atomic mass is 10.1. The fourth-order valence-electron chi connectivity index (χ4n) is 3.62. The molecule has 0 spiro atoms. The maximum Gasteiger partial charge on any atom is 0.253 e. The van der Waals surface area contributed by atoms with Crippen LogP contribution in [0.2, 0.25) is 0 Å². The van der Waals surface area contributed by atoms with Gasteiger partial charge in [0.15, 0.2) is 17.5 Å². The third kappa shape index (κ3) is 4.97. The number of nitrogens with zero attached hydrogens (tertiary/aromatic N) is 3. The Morgan fingerprint density at radius 3 is 2.06 bits per heavy atom. The molecule has 2 aromatic carbocycles. The van der Waals surface area contributed by atoms with E-state index in [-0.39, 0.29) is 32.1 Å². The molecule has 1 amide bonds. The molecule has 1 fully saturated rings. The van der Waals surface area contributed by atoms with Crippen molar-refractivity contribution in [3.63, 3.8) is 0 Å². The summed E-state index contributed by atoms with van der Waals surface area (Å²) >= 11 is 0. The predicted molar refractivity (Wildman–Crippen MR) is 114 cm³/mol. The third-order valence-electron chi connectivity index (χ3n) is 5.64. The second kappa shape index (κ2) is 10.0. The van der Waals surface area contributed by atoms with Crippen molar-refractivity contribution in [1.82, 2.24) is 14.1 Å². The average molecular weight is 470 g/mol. The number of hydrogen-bond donors (Lipinski definition) is 0. The topological polar surface area (TPSA) is 60.9 Å². The van der Waals surface area contributed by atoms with Gasteiger partial charge in [-0.15, -0.1) is 0 Å². The van der Waals surface area contributed by atoms with Gasteiger partial charge in [0.2, 0.25) is 10.0 Å². The van der Waals surface area contributed by atoms with Crippen LogP contribution in [0.15, 0.2) is 41.3 Å². The molecule has 0 atom stereocenters. The Morgan fingerprint density at radius 1 is 0.906 bits per heavy atom. The van der Waals surface area contributed by atoms with Crippen molar-refractivity contribution in [3.8, 4) is 0 Å². The number of amides is 1. The average Bonchev–Trinajstić information content (AvgIpc) is 2.81. The molecule has 32 heavy (non-hydrogen) atoms. The largest absolute Gasteiger partial charge is 0.336 e. The first kappa shape index (κ1) is 24.2. The molecule has 0 unspecified atom stereocenters. The number of sulfonamides is 1. The molecular weight excluding hydrogens is 443 g/mol. The van der Waals surface area contributed by atoms with Crippen molar-refractivity contribution >= 4 is 15.9 Å². The van der Waals surface area contributed by atoms with E-state index in [1.165, 1.54) is 4.90 Å². The Bertz CT molecular complexity index is 1070. The minimum absolute atomic E-state index is 0.0768. The Labute approximate surface area is 186 Å². The van der Waals surface area contributed by atoms with Crippen molar-refractivity contribution in [2.24, 2.45) is 0 Å². The van der Waals surface area contributed by atoms with Crippen LogP contribution in [-0.2, 0) is 16.6 Å². The van der Waals surface area contributed by atoms with Crippen LogP contribution in [0.1, 0.15) is 29.8 Å². The number of carbonyl (C=O) groups is 1. The summed E-state index contributed by atoms with van der Waals surface area (Å²) < 4.78 is 67.0. The predicted octanol–water partition coefficient (Wildman–Crippen LogP) is 3.09. The van der Waals surface area contributed by atoms with E-state index in [9.17, 15) is 26.4 Å². The van der Waals surface area contributed by atoms with Crippen LogP contribution >= 0.6 is 0 Å². The highest BCUT2D eigenvalue weighted by atomic mass is 32.2. The van der Waals surface area contributed by atoms with E-state index in [0.717, 1.165) is 29.5 Å². The van der Waals surface area contributed by atoms with Gasteiger partial charge in [-0.05, 0) is 42.9 Å². The number of benzene rings is 2. The Hall–Kier alpha value is -2.43. The molecule has 1 aliphatic rings. The minimum Gasteiger partial charge on any atom is -0.336 e. The second-order valence-electron chi connectivity index (χ2n) is 7.53. The molecular formula is C22H26F3N3O3S. The highest BCUT2D eigenvalue weighted by Gasteiger charge is 2.33. The van der Waals surface area contributed by atoms with Crippen LogP contribution in [0.5, 0.6) is 0 Å². The second-order valence-corrected chi connectivity index (χ2v) is 9.43. The van der Waals surface area contributed by atoms with Gasteiger partial charge >= 0.3 is 0 Å². The molecule has 6 nitrogen and oxygen atoms in total. The fraction of sp³-hybridized carbons (Fsp3) is 0.409. The summed E-state index contributed by atoms with van der Waals surface area (Å²) in [6.07, 6.45) is 0. The molecule has 1 aliphatic heterocycles. The van der Waals surface area contributed by atoms with E-state index in [4.69, 9.17) is 0 Å². The molecule has 1 saturated heterocycles. The summed E-state index contributed by atoms with van der Waals surface area (Å²) in [5, 5.41) is 0. The van der Waals surface area contributed by atoms with Crippen LogP contribution in [0, 0.1) is 17.5 Å². The number of halogens is 3. The van der Waals surface area contributed by atoms with E-state index in [2.05, 4.69) is 18.7 Å². The molecule has 0 N–H and O–H groups in total. The van der Waals surface area contributed by atoms with Crippen LogP contribution in [0.3, 0.4) is 0 Å². The van der Waals surface area contributed by atoms with Crippen molar-refractivity contribution in [2.75, 3.05) is 39.3 Å². The Kier molecular flexibility index (Phi) is 7.58. The summed E-state index contributed by atoms with van der Waals surface area (Å²) in [7, 11) is -4.36. The lowest BCUT2D eigenvalue weighted by Crippen LogP contribution is -2.50. The van der Waals surface area contributed by atoms with E-state index < -0.39 is 32.4 Å². The SMILES string of the molecule is CCN(CC)Cc1ccc(C(=O)N2CCN(S(=O)(=O)c3ccc(F)c(F)c3F)CC2)cc1. The zero-order valence-corrected chi connectivity index (χ0v) is 18.8. The number of rotatable bonds is 7. The lowest BCUT2D eigenvalue weighted by molar-refractivity contribution is 0.0697. The number of hydrogen-bond acceptors (Lipinski definition) is 4. The smallest absolute Gasteiger partial charge is 0.253 e. The van der Waals surface area contributed by atoms with Gasteiger partial charge < -0.3 is 4.90 Å². The number of carbonyl (C=O) groups excluding carboxylic acids is 1. The molecule has 10 heteroatoms. The van der Waals surface area contributed by atoms with Gasteiger partial charge in [-0.25, -0.2) is 21.6 Å². The summed E-state index contributed by atoms with van der Waals surface area (Å²) in [5.41, 5.74) is 1.59. The fourth-order valence-corrected chi connectivity index (χ4v) is 5.10. The minimum atomic E-state index is -4.36. The van der Waals surface area contributed by atoms with Crippen molar-refractivity contribution < 1.29 is 26.4 Å². The molecule has 2 aromatic rings. The monoisotopic (exact) mass is 469 g/mol. The molecule has 174 valence electrons. The zero-order valence-electron chi connectivity index (χ0n) is 18.0. The summed E-state index contributed by atoms with van der Waals surface area (Å²) in [5.74, 6) is -5.26. The molecule has 0 aliphatic carbocycles. The van der Waals surface area contributed by atoms with Gasteiger partial charge in [0.05, 0.1) is 0 Å².